The molecule has 0 saturated carbocycles. The first-order chi connectivity index (χ1) is 14.0. The largest absolute Gasteiger partial charge is 0.336 e. The van der Waals surface area contributed by atoms with Crippen molar-refractivity contribution in [2.45, 2.75) is 46.1 Å². The van der Waals surface area contributed by atoms with Gasteiger partial charge < -0.3 is 14.4 Å². The van der Waals surface area contributed by atoms with Crippen LogP contribution < -0.4 is 4.90 Å². The second-order valence-electron chi connectivity index (χ2n) is 8.34. The second-order valence-corrected chi connectivity index (χ2v) is 8.34. The number of hydrogen-bond donors (Lipinski definition) is 1. The number of quaternary nitrogens is 1. The maximum absolute atomic E-state index is 13.8. The Bertz CT molecular complexity index is 913. The van der Waals surface area contributed by atoms with Gasteiger partial charge in [-0.05, 0) is 68.4 Å². The second kappa shape index (κ2) is 8.27. The van der Waals surface area contributed by atoms with Gasteiger partial charge >= 0.3 is 0 Å². The summed E-state index contributed by atoms with van der Waals surface area (Å²) in [5.41, 5.74) is 4.96. The van der Waals surface area contributed by atoms with E-state index in [9.17, 15) is 13.6 Å². The molecular formula is C23H30F2N3O+. The van der Waals surface area contributed by atoms with Crippen LogP contribution in [-0.2, 0) is 19.4 Å². The molecule has 2 aliphatic rings. The third kappa shape index (κ3) is 3.82. The third-order valence-corrected chi connectivity index (χ3v) is 6.63. The maximum Gasteiger partial charge on any atom is 0.271 e. The third-order valence-electron chi connectivity index (χ3n) is 6.63. The number of piperazine rings is 1. The summed E-state index contributed by atoms with van der Waals surface area (Å²) >= 11 is 0. The molecule has 1 aliphatic heterocycles. The van der Waals surface area contributed by atoms with Gasteiger partial charge in [-0.3, -0.25) is 4.79 Å². The van der Waals surface area contributed by atoms with E-state index >= 15 is 0 Å². The molecule has 2 heterocycles. The number of halogens is 2. The molecule has 1 amide bonds. The van der Waals surface area contributed by atoms with Gasteiger partial charge in [0, 0.05) is 12.2 Å². The highest BCUT2D eigenvalue weighted by Crippen LogP contribution is 2.31. The molecule has 0 unspecified atom stereocenters. The zero-order valence-electron chi connectivity index (χ0n) is 17.4. The number of hydrogen-bond acceptors (Lipinski definition) is 1. The maximum atomic E-state index is 13.8. The van der Waals surface area contributed by atoms with Crippen LogP contribution in [0.15, 0.2) is 18.2 Å². The molecule has 4 rings (SSSR count). The topological polar surface area (TPSA) is 29.7 Å². The number of aromatic nitrogens is 1. The number of benzene rings is 1. The molecule has 0 spiro atoms. The average molecular weight is 403 g/mol. The number of carbonyl (C=O) groups excluding carboxylic acids is 1. The van der Waals surface area contributed by atoms with Gasteiger partial charge in [-0.2, -0.15) is 0 Å². The Morgan fingerprint density at radius 3 is 2.52 bits per heavy atom. The quantitative estimate of drug-likeness (QED) is 0.836. The highest BCUT2D eigenvalue weighted by Gasteiger charge is 2.31. The van der Waals surface area contributed by atoms with Crippen molar-refractivity contribution in [3.8, 4) is 0 Å². The summed E-state index contributed by atoms with van der Waals surface area (Å²) in [6.45, 7) is 9.20. The van der Waals surface area contributed by atoms with E-state index in [2.05, 4.69) is 11.5 Å². The fourth-order valence-corrected chi connectivity index (χ4v) is 4.87. The zero-order chi connectivity index (χ0) is 20.5. The van der Waals surface area contributed by atoms with Crippen LogP contribution in [0.2, 0.25) is 0 Å². The van der Waals surface area contributed by atoms with Gasteiger partial charge in [0.15, 0.2) is 11.6 Å². The number of nitrogens with zero attached hydrogens (tertiary/aromatic N) is 2. The van der Waals surface area contributed by atoms with E-state index < -0.39 is 11.6 Å². The number of rotatable bonds is 4. The average Bonchev–Trinajstić information content (AvgIpc) is 3.02. The lowest BCUT2D eigenvalue weighted by Crippen LogP contribution is -3.14. The van der Waals surface area contributed by atoms with Crippen LogP contribution in [0.1, 0.15) is 52.6 Å². The predicted octanol–water partition coefficient (Wildman–Crippen LogP) is 2.36. The van der Waals surface area contributed by atoms with Crippen LogP contribution in [0.5, 0.6) is 0 Å². The first-order valence-corrected chi connectivity index (χ1v) is 10.8. The van der Waals surface area contributed by atoms with Crippen molar-refractivity contribution < 1.29 is 18.5 Å². The monoisotopic (exact) mass is 402 g/mol. The minimum Gasteiger partial charge on any atom is -0.336 e. The van der Waals surface area contributed by atoms with E-state index in [1.807, 2.05) is 11.8 Å². The van der Waals surface area contributed by atoms with Gasteiger partial charge in [-0.15, -0.1) is 0 Å². The van der Waals surface area contributed by atoms with Gasteiger partial charge in [-0.25, -0.2) is 8.78 Å². The van der Waals surface area contributed by atoms with Gasteiger partial charge in [0.2, 0.25) is 0 Å². The zero-order valence-corrected chi connectivity index (χ0v) is 17.4. The summed E-state index contributed by atoms with van der Waals surface area (Å²) in [5.74, 6) is -1.60. The molecule has 1 aromatic carbocycles. The minimum absolute atomic E-state index is 0.0784. The number of amides is 1. The number of likely N-dealkylation sites (N-methyl/N-ethyl adjacent to an activating group) is 1. The summed E-state index contributed by atoms with van der Waals surface area (Å²) in [6.07, 6.45) is 4.15. The van der Waals surface area contributed by atoms with Gasteiger partial charge in [0.1, 0.15) is 5.69 Å². The van der Waals surface area contributed by atoms with Crippen molar-refractivity contribution in [3.05, 3.63) is 57.9 Å². The van der Waals surface area contributed by atoms with Crippen molar-refractivity contribution in [2.24, 2.45) is 0 Å². The Hall–Kier alpha value is -2.21. The molecular weight excluding hydrogens is 372 g/mol. The van der Waals surface area contributed by atoms with Crippen LogP contribution in [0.3, 0.4) is 0 Å². The van der Waals surface area contributed by atoms with Gasteiger partial charge in [-0.1, -0.05) is 6.07 Å². The van der Waals surface area contributed by atoms with Crippen molar-refractivity contribution in [1.82, 2.24) is 9.47 Å². The standard InChI is InChI=1S/C23H29F2N3O/c1-3-26-10-12-27(13-11-26)23(29)22-16(2)18-6-4-5-7-21(18)28(22)15-17-8-9-19(24)20(25)14-17/h8-9,14H,3-7,10-13,15H2,1-2H3/p+1. The molecule has 1 aliphatic carbocycles. The van der Waals surface area contributed by atoms with Crippen LogP contribution in [-0.4, -0.2) is 48.1 Å². The van der Waals surface area contributed by atoms with Crippen LogP contribution in [0, 0.1) is 18.6 Å². The molecule has 0 atom stereocenters. The molecule has 1 aromatic heterocycles. The number of fused-ring (bicyclic) bond motifs is 1. The molecule has 1 N–H and O–H groups in total. The Kier molecular flexibility index (Phi) is 5.72. The first-order valence-electron chi connectivity index (χ1n) is 10.8. The lowest BCUT2D eigenvalue weighted by Gasteiger charge is -2.32. The van der Waals surface area contributed by atoms with Crippen molar-refractivity contribution >= 4 is 5.91 Å². The fourth-order valence-electron chi connectivity index (χ4n) is 4.87. The van der Waals surface area contributed by atoms with E-state index in [0.29, 0.717) is 12.1 Å². The molecule has 1 fully saturated rings. The van der Waals surface area contributed by atoms with Crippen molar-refractivity contribution in [2.75, 3.05) is 32.7 Å². The molecule has 29 heavy (non-hydrogen) atoms. The Morgan fingerprint density at radius 2 is 1.83 bits per heavy atom. The molecule has 6 heteroatoms. The molecule has 0 bridgehead atoms. The van der Waals surface area contributed by atoms with Gasteiger partial charge in [0.05, 0.1) is 32.7 Å². The first kappa shape index (κ1) is 20.1. The van der Waals surface area contributed by atoms with E-state index in [-0.39, 0.29) is 5.91 Å². The van der Waals surface area contributed by atoms with Crippen molar-refractivity contribution in [3.63, 3.8) is 0 Å². The summed E-state index contributed by atoms with van der Waals surface area (Å²) in [7, 11) is 0. The molecule has 1 saturated heterocycles. The van der Waals surface area contributed by atoms with E-state index in [0.717, 1.165) is 69.7 Å². The molecule has 4 nitrogen and oxygen atoms in total. The van der Waals surface area contributed by atoms with Crippen LogP contribution in [0.25, 0.3) is 0 Å². The Balaban J connectivity index is 1.70. The number of carbonyl (C=O) groups is 1. The normalized spacial score (nSPS) is 17.4. The minimum atomic E-state index is -0.841. The SMILES string of the molecule is CC[NH+]1CCN(C(=O)c2c(C)c3c(n2Cc2ccc(F)c(F)c2)CCCC3)CC1. The molecule has 2 aromatic rings. The summed E-state index contributed by atoms with van der Waals surface area (Å²) in [6, 6.07) is 4.03. The highest BCUT2D eigenvalue weighted by atomic mass is 19.2. The van der Waals surface area contributed by atoms with E-state index in [1.165, 1.54) is 28.3 Å². The van der Waals surface area contributed by atoms with Crippen LogP contribution >= 0.6 is 0 Å². The summed E-state index contributed by atoms with van der Waals surface area (Å²) < 4.78 is 29.2. The van der Waals surface area contributed by atoms with Crippen LogP contribution in [0.4, 0.5) is 8.78 Å². The lowest BCUT2D eigenvalue weighted by molar-refractivity contribution is -0.902. The molecule has 0 radical (unpaired) electrons. The highest BCUT2D eigenvalue weighted by molar-refractivity contribution is 5.95. The molecule has 156 valence electrons. The Labute approximate surface area is 171 Å². The fraction of sp³-hybridized carbons (Fsp3) is 0.522. The number of nitrogens with one attached hydrogen (secondary N) is 1. The van der Waals surface area contributed by atoms with E-state index in [4.69, 9.17) is 0 Å². The summed E-state index contributed by atoms with van der Waals surface area (Å²) in [4.78, 5) is 17.0. The summed E-state index contributed by atoms with van der Waals surface area (Å²) in [5, 5.41) is 0. The van der Waals surface area contributed by atoms with E-state index in [1.54, 1.807) is 6.07 Å². The smallest absolute Gasteiger partial charge is 0.271 e. The van der Waals surface area contributed by atoms with Crippen molar-refractivity contribution in [1.29, 1.82) is 0 Å². The predicted molar refractivity (Wildman–Crippen MR) is 108 cm³/mol. The van der Waals surface area contributed by atoms with Gasteiger partial charge in [0.25, 0.3) is 5.91 Å². The lowest BCUT2D eigenvalue weighted by atomic mass is 9.95. The Morgan fingerprint density at radius 1 is 1.10 bits per heavy atom.